The van der Waals surface area contributed by atoms with Crippen molar-refractivity contribution in [1.82, 2.24) is 10.1 Å². The van der Waals surface area contributed by atoms with Crippen molar-refractivity contribution in [3.63, 3.8) is 0 Å². The van der Waals surface area contributed by atoms with Crippen LogP contribution in [0.4, 0.5) is 4.39 Å². The summed E-state index contributed by atoms with van der Waals surface area (Å²) in [5.41, 5.74) is 3.49. The zero-order chi connectivity index (χ0) is 14.8. The second kappa shape index (κ2) is 5.82. The Balaban J connectivity index is 1.89. The summed E-state index contributed by atoms with van der Waals surface area (Å²) in [6, 6.07) is 6.72. The van der Waals surface area contributed by atoms with Crippen molar-refractivity contribution in [2.24, 2.45) is 0 Å². The van der Waals surface area contributed by atoms with Crippen LogP contribution in [0.2, 0.25) is 0 Å². The lowest BCUT2D eigenvalue weighted by Crippen LogP contribution is -2.30. The number of aromatic nitrogens is 1. The van der Waals surface area contributed by atoms with E-state index in [1.165, 1.54) is 11.6 Å². The predicted octanol–water partition coefficient (Wildman–Crippen LogP) is 3.81. The molecule has 0 aliphatic carbocycles. The van der Waals surface area contributed by atoms with Crippen LogP contribution >= 0.6 is 0 Å². The molecule has 0 amide bonds. The smallest absolute Gasteiger partial charge is 0.143 e. The molecule has 0 N–H and O–H groups in total. The summed E-state index contributed by atoms with van der Waals surface area (Å²) >= 11 is 0. The average Bonchev–Trinajstić information content (AvgIpc) is 2.88. The third kappa shape index (κ3) is 2.90. The first-order valence-electron chi connectivity index (χ1n) is 7.23. The summed E-state index contributed by atoms with van der Waals surface area (Å²) in [4.78, 5) is 2.33. The average molecular weight is 286 g/mol. The number of halogens is 1. The maximum Gasteiger partial charge on any atom is 0.143 e. The quantitative estimate of drug-likeness (QED) is 0.804. The second-order valence-corrected chi connectivity index (χ2v) is 5.68. The van der Waals surface area contributed by atoms with Crippen molar-refractivity contribution >= 4 is 0 Å². The third-order valence-electron chi connectivity index (χ3n) is 3.79. The molecule has 0 fully saturated rings. The molecule has 0 atom stereocenters. The molecule has 0 bridgehead atoms. The van der Waals surface area contributed by atoms with Gasteiger partial charge in [0.1, 0.15) is 17.3 Å². The number of benzene rings is 1. The van der Waals surface area contributed by atoms with Gasteiger partial charge in [-0.2, -0.15) is 0 Å². The van der Waals surface area contributed by atoms with E-state index in [1.807, 2.05) is 6.07 Å². The van der Waals surface area contributed by atoms with Crippen LogP contribution in [-0.4, -0.2) is 23.1 Å². The minimum atomic E-state index is -0.255. The summed E-state index contributed by atoms with van der Waals surface area (Å²) in [7, 11) is 0. The molecule has 2 heterocycles. The van der Waals surface area contributed by atoms with Gasteiger partial charge in [-0.05, 0) is 26.0 Å². The molecule has 3 rings (SSSR count). The summed E-state index contributed by atoms with van der Waals surface area (Å²) in [5, 5.41) is 4.10. The van der Waals surface area contributed by atoms with Gasteiger partial charge in [-0.1, -0.05) is 28.9 Å². The highest BCUT2D eigenvalue weighted by atomic mass is 19.1. The summed E-state index contributed by atoms with van der Waals surface area (Å²) in [6.45, 7) is 6.80. The Hall–Kier alpha value is -1.94. The molecule has 0 unspecified atom stereocenters. The zero-order valence-electron chi connectivity index (χ0n) is 12.4. The predicted molar refractivity (Wildman–Crippen MR) is 80.3 cm³/mol. The molecule has 0 radical (unpaired) electrons. The van der Waals surface area contributed by atoms with E-state index in [-0.39, 0.29) is 5.82 Å². The normalized spacial score (nSPS) is 14.8. The van der Waals surface area contributed by atoms with E-state index in [9.17, 15) is 4.39 Å². The minimum absolute atomic E-state index is 0.255. The molecule has 0 saturated heterocycles. The number of allylic oxidation sites excluding steroid dienone is 1. The molecule has 4 heteroatoms. The Bertz CT molecular complexity index is 671. The third-order valence-corrected chi connectivity index (χ3v) is 3.79. The first-order chi connectivity index (χ1) is 10.1. The van der Waals surface area contributed by atoms with Crippen molar-refractivity contribution in [3.05, 3.63) is 53.1 Å². The van der Waals surface area contributed by atoms with Gasteiger partial charge in [-0.3, -0.25) is 4.90 Å². The van der Waals surface area contributed by atoms with Crippen LogP contribution in [0.3, 0.4) is 0 Å². The van der Waals surface area contributed by atoms with Crippen LogP contribution in [0.15, 0.2) is 40.4 Å². The van der Waals surface area contributed by atoms with E-state index in [1.54, 1.807) is 12.1 Å². The van der Waals surface area contributed by atoms with E-state index >= 15 is 0 Å². The maximum atomic E-state index is 14.0. The largest absolute Gasteiger partial charge is 0.360 e. The molecule has 0 spiro atoms. The highest BCUT2D eigenvalue weighted by Gasteiger charge is 2.25. The Morgan fingerprint density at radius 2 is 2.19 bits per heavy atom. The topological polar surface area (TPSA) is 29.3 Å². The van der Waals surface area contributed by atoms with Crippen molar-refractivity contribution < 1.29 is 8.91 Å². The number of nitrogens with zero attached hydrogens (tertiary/aromatic N) is 2. The summed E-state index contributed by atoms with van der Waals surface area (Å²) in [6.07, 6.45) is 3.04. The van der Waals surface area contributed by atoms with E-state index < -0.39 is 0 Å². The molecular formula is C17H19FN2O. The molecule has 2 aromatic rings. The van der Waals surface area contributed by atoms with E-state index in [4.69, 9.17) is 4.52 Å². The fourth-order valence-corrected chi connectivity index (χ4v) is 2.60. The molecule has 110 valence electrons. The molecule has 0 saturated carbocycles. The lowest BCUT2D eigenvalue weighted by molar-refractivity contribution is 0.258. The molecule has 1 aliphatic heterocycles. The van der Waals surface area contributed by atoms with Gasteiger partial charge in [-0.25, -0.2) is 4.39 Å². The summed E-state index contributed by atoms with van der Waals surface area (Å²) < 4.78 is 19.4. The van der Waals surface area contributed by atoms with Crippen LogP contribution in [0.5, 0.6) is 0 Å². The van der Waals surface area contributed by atoms with E-state index in [2.05, 4.69) is 30.0 Å². The maximum absolute atomic E-state index is 14.0. The zero-order valence-corrected chi connectivity index (χ0v) is 12.4. The van der Waals surface area contributed by atoms with Gasteiger partial charge < -0.3 is 4.52 Å². The molecule has 1 aliphatic rings. The van der Waals surface area contributed by atoms with Crippen molar-refractivity contribution in [2.75, 3.05) is 13.1 Å². The minimum Gasteiger partial charge on any atom is -0.360 e. The number of hydrogen-bond donors (Lipinski definition) is 0. The Labute approximate surface area is 124 Å². The van der Waals surface area contributed by atoms with Gasteiger partial charge in [-0.15, -0.1) is 0 Å². The Morgan fingerprint density at radius 3 is 2.95 bits per heavy atom. The molecule has 1 aromatic carbocycles. The molecular weight excluding hydrogens is 267 g/mol. The molecule has 21 heavy (non-hydrogen) atoms. The van der Waals surface area contributed by atoms with E-state index in [0.29, 0.717) is 11.3 Å². The first-order valence-corrected chi connectivity index (χ1v) is 7.23. The fourth-order valence-electron chi connectivity index (χ4n) is 2.60. The van der Waals surface area contributed by atoms with Crippen molar-refractivity contribution in [2.45, 2.75) is 26.8 Å². The van der Waals surface area contributed by atoms with Crippen LogP contribution in [0.1, 0.15) is 25.2 Å². The van der Waals surface area contributed by atoms with Gasteiger partial charge in [0.15, 0.2) is 0 Å². The van der Waals surface area contributed by atoms with E-state index in [0.717, 1.165) is 37.4 Å². The monoisotopic (exact) mass is 286 g/mol. The van der Waals surface area contributed by atoms with Gasteiger partial charge in [0, 0.05) is 37.2 Å². The number of fused-ring (bicyclic) bond motifs is 1. The standard InChI is InChI=1S/C17H19FN2O/c1-12(2)7-9-20-10-8-16-14(11-20)17(19-21-16)13-5-3-4-6-15(13)18/h3-7H,8-11H2,1-2H3. The lowest BCUT2D eigenvalue weighted by Gasteiger charge is -2.24. The Morgan fingerprint density at radius 1 is 1.38 bits per heavy atom. The highest BCUT2D eigenvalue weighted by Crippen LogP contribution is 2.31. The van der Waals surface area contributed by atoms with Gasteiger partial charge in [0.25, 0.3) is 0 Å². The molecule has 1 aromatic heterocycles. The highest BCUT2D eigenvalue weighted by molar-refractivity contribution is 5.64. The van der Waals surface area contributed by atoms with Gasteiger partial charge in [0.2, 0.25) is 0 Å². The fraction of sp³-hybridized carbons (Fsp3) is 0.353. The van der Waals surface area contributed by atoms with Crippen molar-refractivity contribution in [3.8, 4) is 11.3 Å². The summed E-state index contributed by atoms with van der Waals surface area (Å²) in [5.74, 6) is 0.636. The lowest BCUT2D eigenvalue weighted by atomic mass is 10.0. The number of hydrogen-bond acceptors (Lipinski definition) is 3. The van der Waals surface area contributed by atoms with Crippen LogP contribution in [-0.2, 0) is 13.0 Å². The molecule has 3 nitrogen and oxygen atoms in total. The Kier molecular flexibility index (Phi) is 3.88. The first kappa shape index (κ1) is 14.0. The van der Waals surface area contributed by atoms with Gasteiger partial charge in [0.05, 0.1) is 0 Å². The van der Waals surface area contributed by atoms with Crippen LogP contribution in [0.25, 0.3) is 11.3 Å². The van der Waals surface area contributed by atoms with Crippen LogP contribution < -0.4 is 0 Å². The van der Waals surface area contributed by atoms with Crippen LogP contribution in [0, 0.1) is 5.82 Å². The number of rotatable bonds is 3. The second-order valence-electron chi connectivity index (χ2n) is 5.68. The SMILES string of the molecule is CC(C)=CCN1CCc2onc(-c3ccccc3F)c2C1. The van der Waals surface area contributed by atoms with Gasteiger partial charge >= 0.3 is 0 Å². The van der Waals surface area contributed by atoms with Crippen molar-refractivity contribution in [1.29, 1.82) is 0 Å².